The molecule has 29 heavy (non-hydrogen) atoms. The molecule has 2 atom stereocenters. The van der Waals surface area contributed by atoms with Crippen LogP contribution in [0.3, 0.4) is 0 Å². The first kappa shape index (κ1) is 20.1. The topological polar surface area (TPSA) is 52.7 Å². The predicted octanol–water partition coefficient (Wildman–Crippen LogP) is 3.52. The van der Waals surface area contributed by atoms with Crippen molar-refractivity contribution < 1.29 is 9.59 Å². The van der Waals surface area contributed by atoms with E-state index in [2.05, 4.69) is 36.2 Å². The van der Waals surface area contributed by atoms with Crippen LogP contribution >= 0.6 is 11.3 Å². The average molecular weight is 412 g/mol. The molecule has 2 aliphatic heterocycles. The SMILES string of the molecule is CC[C@H](C)N1C(=O)[C@@H](Cc2ccccc2)NC12CCN(C(=O)c1cccs1)CC2. The molecule has 4 rings (SSSR count). The summed E-state index contributed by atoms with van der Waals surface area (Å²) in [5.41, 5.74) is 0.822. The van der Waals surface area contributed by atoms with E-state index in [1.807, 2.05) is 40.6 Å². The van der Waals surface area contributed by atoms with Crippen molar-refractivity contribution in [2.45, 2.75) is 57.3 Å². The second-order valence-electron chi connectivity index (χ2n) is 8.15. The van der Waals surface area contributed by atoms with Gasteiger partial charge in [0.15, 0.2) is 0 Å². The fourth-order valence-electron chi connectivity index (χ4n) is 4.67. The van der Waals surface area contributed by atoms with Gasteiger partial charge in [0.2, 0.25) is 5.91 Å². The molecule has 0 radical (unpaired) electrons. The van der Waals surface area contributed by atoms with Crippen LogP contribution in [-0.4, -0.2) is 52.5 Å². The van der Waals surface area contributed by atoms with E-state index in [4.69, 9.17) is 0 Å². The van der Waals surface area contributed by atoms with Crippen LogP contribution in [-0.2, 0) is 11.2 Å². The molecular weight excluding hydrogens is 382 g/mol. The highest BCUT2D eigenvalue weighted by atomic mass is 32.1. The molecule has 5 nitrogen and oxygen atoms in total. The van der Waals surface area contributed by atoms with Crippen molar-refractivity contribution in [3.63, 3.8) is 0 Å². The first-order chi connectivity index (χ1) is 14.0. The first-order valence-electron chi connectivity index (χ1n) is 10.5. The van der Waals surface area contributed by atoms with Crippen LogP contribution < -0.4 is 5.32 Å². The van der Waals surface area contributed by atoms with Gasteiger partial charge in [0, 0.05) is 32.0 Å². The minimum absolute atomic E-state index is 0.107. The Kier molecular flexibility index (Phi) is 5.74. The van der Waals surface area contributed by atoms with E-state index >= 15 is 0 Å². The van der Waals surface area contributed by atoms with Crippen molar-refractivity contribution in [3.8, 4) is 0 Å². The molecule has 2 amide bonds. The second-order valence-corrected chi connectivity index (χ2v) is 9.10. The summed E-state index contributed by atoms with van der Waals surface area (Å²) in [6.07, 6.45) is 3.16. The number of likely N-dealkylation sites (tertiary alicyclic amines) is 1. The van der Waals surface area contributed by atoms with E-state index in [0.29, 0.717) is 19.5 Å². The molecule has 6 heteroatoms. The number of nitrogens with zero attached hydrogens (tertiary/aromatic N) is 2. The monoisotopic (exact) mass is 411 g/mol. The van der Waals surface area contributed by atoms with Gasteiger partial charge in [0.1, 0.15) is 0 Å². The minimum atomic E-state index is -0.349. The lowest BCUT2D eigenvalue weighted by molar-refractivity contribution is -0.136. The third kappa shape index (κ3) is 3.83. The Labute approximate surface area is 176 Å². The molecule has 1 spiro atoms. The quantitative estimate of drug-likeness (QED) is 0.819. The van der Waals surface area contributed by atoms with Crippen LogP contribution in [0.4, 0.5) is 0 Å². The van der Waals surface area contributed by atoms with E-state index in [9.17, 15) is 9.59 Å². The van der Waals surface area contributed by atoms with Crippen LogP contribution in [0, 0.1) is 0 Å². The molecule has 3 heterocycles. The summed E-state index contributed by atoms with van der Waals surface area (Å²) < 4.78 is 0. The molecule has 2 fully saturated rings. The molecule has 2 aromatic rings. The largest absolute Gasteiger partial charge is 0.338 e. The average Bonchev–Trinajstić information content (AvgIpc) is 3.36. The molecular formula is C23H29N3O2S. The summed E-state index contributed by atoms with van der Waals surface area (Å²) in [5.74, 6) is 0.302. The van der Waals surface area contributed by atoms with Gasteiger partial charge in [-0.3, -0.25) is 14.9 Å². The standard InChI is InChI=1S/C23H29N3O2S/c1-3-17(2)26-21(27)19(16-18-8-5-4-6-9-18)24-23(26)11-13-25(14-12-23)22(28)20-10-7-15-29-20/h4-10,15,17,19,24H,3,11-14,16H2,1-2H3/t17-,19+/m0/s1. The number of carbonyl (C=O) groups is 2. The van der Waals surface area contributed by atoms with Gasteiger partial charge in [0.25, 0.3) is 5.91 Å². The van der Waals surface area contributed by atoms with Crippen molar-refractivity contribution in [1.29, 1.82) is 0 Å². The third-order valence-electron chi connectivity index (χ3n) is 6.36. The van der Waals surface area contributed by atoms with Crippen LogP contribution in [0.1, 0.15) is 48.3 Å². The predicted molar refractivity (Wildman–Crippen MR) is 116 cm³/mol. The number of piperidine rings is 1. The Balaban J connectivity index is 1.51. The number of thiophene rings is 1. The first-order valence-corrected chi connectivity index (χ1v) is 11.4. The van der Waals surface area contributed by atoms with Gasteiger partial charge in [-0.1, -0.05) is 43.3 Å². The molecule has 1 aromatic heterocycles. The molecule has 2 saturated heterocycles. The van der Waals surface area contributed by atoms with Crippen LogP contribution in [0.25, 0.3) is 0 Å². The van der Waals surface area contributed by atoms with Gasteiger partial charge in [-0.05, 0) is 36.8 Å². The molecule has 154 valence electrons. The van der Waals surface area contributed by atoms with Gasteiger partial charge < -0.3 is 9.80 Å². The Bertz CT molecular complexity index is 844. The zero-order chi connectivity index (χ0) is 20.4. The van der Waals surface area contributed by atoms with Crippen molar-refractivity contribution in [3.05, 3.63) is 58.3 Å². The number of hydrogen-bond acceptors (Lipinski definition) is 4. The van der Waals surface area contributed by atoms with E-state index < -0.39 is 0 Å². The summed E-state index contributed by atoms with van der Waals surface area (Å²) >= 11 is 1.49. The lowest BCUT2D eigenvalue weighted by Crippen LogP contribution is -2.61. The Morgan fingerprint density at radius 1 is 1.21 bits per heavy atom. The van der Waals surface area contributed by atoms with Crippen molar-refractivity contribution in [1.82, 2.24) is 15.1 Å². The highest BCUT2D eigenvalue weighted by Crippen LogP contribution is 2.36. The van der Waals surface area contributed by atoms with Gasteiger partial charge in [-0.25, -0.2) is 0 Å². The maximum absolute atomic E-state index is 13.4. The molecule has 0 aliphatic carbocycles. The summed E-state index contributed by atoms with van der Waals surface area (Å²) in [6, 6.07) is 14.0. The number of rotatable bonds is 5. The van der Waals surface area contributed by atoms with Crippen LogP contribution in [0.5, 0.6) is 0 Å². The summed E-state index contributed by atoms with van der Waals surface area (Å²) in [5, 5.41) is 5.64. The van der Waals surface area contributed by atoms with E-state index in [-0.39, 0.29) is 29.6 Å². The Morgan fingerprint density at radius 3 is 2.55 bits per heavy atom. The van der Waals surface area contributed by atoms with Gasteiger partial charge >= 0.3 is 0 Å². The molecule has 1 aromatic carbocycles. The number of hydrogen-bond donors (Lipinski definition) is 1. The number of nitrogens with one attached hydrogen (secondary N) is 1. The fourth-order valence-corrected chi connectivity index (χ4v) is 5.36. The number of benzene rings is 1. The third-order valence-corrected chi connectivity index (χ3v) is 7.22. The van der Waals surface area contributed by atoms with Crippen molar-refractivity contribution in [2.24, 2.45) is 0 Å². The Hall–Kier alpha value is -2.18. The van der Waals surface area contributed by atoms with E-state index in [1.54, 1.807) is 0 Å². The fraction of sp³-hybridized carbons (Fsp3) is 0.478. The van der Waals surface area contributed by atoms with Gasteiger partial charge in [-0.2, -0.15) is 0 Å². The highest BCUT2D eigenvalue weighted by molar-refractivity contribution is 7.12. The maximum atomic E-state index is 13.4. The Morgan fingerprint density at radius 2 is 1.93 bits per heavy atom. The van der Waals surface area contributed by atoms with Crippen molar-refractivity contribution in [2.75, 3.05) is 13.1 Å². The van der Waals surface area contributed by atoms with Crippen LogP contribution in [0.2, 0.25) is 0 Å². The second kappa shape index (κ2) is 8.28. The smallest absolute Gasteiger partial charge is 0.263 e. The minimum Gasteiger partial charge on any atom is -0.338 e. The molecule has 0 unspecified atom stereocenters. The van der Waals surface area contributed by atoms with Gasteiger partial charge in [0.05, 0.1) is 16.6 Å². The summed E-state index contributed by atoms with van der Waals surface area (Å²) in [7, 11) is 0. The molecule has 2 aliphatic rings. The number of amides is 2. The molecule has 0 saturated carbocycles. The van der Waals surface area contributed by atoms with Gasteiger partial charge in [-0.15, -0.1) is 11.3 Å². The van der Waals surface area contributed by atoms with Crippen molar-refractivity contribution >= 4 is 23.2 Å². The molecule has 1 N–H and O–H groups in total. The zero-order valence-electron chi connectivity index (χ0n) is 17.1. The summed E-state index contributed by atoms with van der Waals surface area (Å²) in [6.45, 7) is 5.60. The lowest BCUT2D eigenvalue weighted by Gasteiger charge is -2.46. The molecule has 0 bridgehead atoms. The maximum Gasteiger partial charge on any atom is 0.263 e. The summed E-state index contributed by atoms with van der Waals surface area (Å²) in [4.78, 5) is 30.9. The highest BCUT2D eigenvalue weighted by Gasteiger charge is 2.53. The van der Waals surface area contributed by atoms with E-state index in [0.717, 1.165) is 24.1 Å². The van der Waals surface area contributed by atoms with E-state index in [1.165, 1.54) is 16.9 Å². The lowest BCUT2D eigenvalue weighted by atomic mass is 9.94. The number of carbonyl (C=O) groups excluding carboxylic acids is 2. The normalized spacial score (nSPS) is 22.3. The zero-order valence-corrected chi connectivity index (χ0v) is 18.0. The van der Waals surface area contributed by atoms with Crippen LogP contribution in [0.15, 0.2) is 47.8 Å².